The molecule has 2 aromatic rings. The van der Waals surface area contributed by atoms with E-state index < -0.39 is 6.04 Å². The molecule has 2 aromatic carbocycles. The number of carbonyl (C=O) groups is 2. The van der Waals surface area contributed by atoms with Crippen molar-refractivity contribution in [2.24, 2.45) is 0 Å². The minimum Gasteiger partial charge on any atom is -0.341 e. The number of rotatable bonds is 5. The number of amides is 2. The molecular formula is C21H24N2O2. The van der Waals surface area contributed by atoms with Crippen LogP contribution in [0.3, 0.4) is 0 Å². The zero-order valence-electron chi connectivity index (χ0n) is 14.6. The molecule has 4 heteroatoms. The maximum atomic E-state index is 12.9. The summed E-state index contributed by atoms with van der Waals surface area (Å²) >= 11 is 0. The lowest BCUT2D eigenvalue weighted by molar-refractivity contribution is -0.132. The van der Waals surface area contributed by atoms with Gasteiger partial charge in [-0.15, -0.1) is 0 Å². The molecule has 0 aromatic heterocycles. The lowest BCUT2D eigenvalue weighted by Crippen LogP contribution is -2.49. The quantitative estimate of drug-likeness (QED) is 0.912. The summed E-state index contributed by atoms with van der Waals surface area (Å²) in [6.07, 6.45) is 2.58. The highest BCUT2D eigenvalue weighted by molar-refractivity contribution is 5.98. The first-order chi connectivity index (χ1) is 12.1. The Hall–Kier alpha value is -2.62. The van der Waals surface area contributed by atoms with Gasteiger partial charge in [-0.05, 0) is 37.0 Å². The fraction of sp³-hybridized carbons (Fsp3) is 0.333. The highest BCUT2D eigenvalue weighted by Crippen LogP contribution is 2.14. The van der Waals surface area contributed by atoms with E-state index in [4.69, 9.17) is 0 Å². The molecule has 1 fully saturated rings. The molecule has 1 aliphatic heterocycles. The molecule has 1 heterocycles. The zero-order chi connectivity index (χ0) is 17.6. The summed E-state index contributed by atoms with van der Waals surface area (Å²) in [5.74, 6) is -0.171. The van der Waals surface area contributed by atoms with Gasteiger partial charge < -0.3 is 10.2 Å². The number of likely N-dealkylation sites (tertiary alicyclic amines) is 1. The molecular weight excluding hydrogens is 312 g/mol. The smallest absolute Gasteiger partial charge is 0.252 e. The molecule has 0 bridgehead atoms. The molecule has 0 saturated carbocycles. The second-order valence-electron chi connectivity index (χ2n) is 6.56. The standard InChI is InChI=1S/C21H24N2O2/c1-16-9-5-6-12-18(16)20(24)22-19(15-17-10-3-2-4-11-17)21(25)23-13-7-8-14-23/h2-6,9-12,19H,7-8,13-15H2,1H3,(H,22,24)/t19-/m1/s1. The van der Waals surface area contributed by atoms with Gasteiger partial charge in [0.25, 0.3) is 5.91 Å². The summed E-state index contributed by atoms with van der Waals surface area (Å²) in [6, 6.07) is 16.8. The van der Waals surface area contributed by atoms with Crippen LogP contribution in [0.5, 0.6) is 0 Å². The maximum Gasteiger partial charge on any atom is 0.252 e. The van der Waals surface area contributed by atoms with E-state index in [1.165, 1.54) is 0 Å². The van der Waals surface area contributed by atoms with Crippen LogP contribution in [0.1, 0.15) is 34.3 Å². The Morgan fingerprint density at radius 3 is 2.32 bits per heavy atom. The van der Waals surface area contributed by atoms with Crippen LogP contribution in [-0.2, 0) is 11.2 Å². The molecule has 1 N–H and O–H groups in total. The lowest BCUT2D eigenvalue weighted by Gasteiger charge is -2.24. The molecule has 0 unspecified atom stereocenters. The highest BCUT2D eigenvalue weighted by atomic mass is 16.2. The van der Waals surface area contributed by atoms with E-state index in [1.807, 2.05) is 60.4 Å². The summed E-state index contributed by atoms with van der Waals surface area (Å²) in [6.45, 7) is 3.47. The third-order valence-electron chi connectivity index (χ3n) is 4.69. The van der Waals surface area contributed by atoms with Crippen molar-refractivity contribution in [3.05, 3.63) is 71.3 Å². The Labute approximate surface area is 148 Å². The van der Waals surface area contributed by atoms with Gasteiger partial charge in [-0.1, -0.05) is 48.5 Å². The number of hydrogen-bond acceptors (Lipinski definition) is 2. The predicted octanol–water partition coefficient (Wildman–Crippen LogP) is 2.96. The van der Waals surface area contributed by atoms with Gasteiger partial charge in [0.05, 0.1) is 0 Å². The molecule has 3 rings (SSSR count). The Kier molecular flexibility index (Phi) is 5.49. The number of benzene rings is 2. The van der Waals surface area contributed by atoms with Gasteiger partial charge in [-0.25, -0.2) is 0 Å². The highest BCUT2D eigenvalue weighted by Gasteiger charge is 2.28. The SMILES string of the molecule is Cc1ccccc1C(=O)N[C@H](Cc1ccccc1)C(=O)N1CCCC1. The molecule has 2 amide bonds. The lowest BCUT2D eigenvalue weighted by atomic mass is 10.0. The molecule has 25 heavy (non-hydrogen) atoms. The average molecular weight is 336 g/mol. The van der Waals surface area contributed by atoms with Crippen molar-refractivity contribution in [1.82, 2.24) is 10.2 Å². The van der Waals surface area contributed by atoms with Crippen LogP contribution in [0, 0.1) is 6.92 Å². The Morgan fingerprint density at radius 1 is 1.00 bits per heavy atom. The van der Waals surface area contributed by atoms with Crippen molar-refractivity contribution in [3.8, 4) is 0 Å². The van der Waals surface area contributed by atoms with E-state index in [-0.39, 0.29) is 11.8 Å². The predicted molar refractivity (Wildman–Crippen MR) is 98.4 cm³/mol. The minimum atomic E-state index is -0.535. The van der Waals surface area contributed by atoms with E-state index in [0.29, 0.717) is 12.0 Å². The van der Waals surface area contributed by atoms with Crippen LogP contribution in [0.4, 0.5) is 0 Å². The first kappa shape index (κ1) is 17.2. The second kappa shape index (κ2) is 7.97. The van der Waals surface area contributed by atoms with Gasteiger partial charge in [0.1, 0.15) is 6.04 Å². The van der Waals surface area contributed by atoms with Gasteiger partial charge in [0.2, 0.25) is 5.91 Å². The van der Waals surface area contributed by atoms with Crippen molar-refractivity contribution >= 4 is 11.8 Å². The molecule has 0 radical (unpaired) electrons. The van der Waals surface area contributed by atoms with E-state index >= 15 is 0 Å². The summed E-state index contributed by atoms with van der Waals surface area (Å²) in [5.41, 5.74) is 2.58. The first-order valence-corrected chi connectivity index (χ1v) is 8.84. The number of nitrogens with zero attached hydrogens (tertiary/aromatic N) is 1. The summed E-state index contributed by atoms with van der Waals surface area (Å²) in [7, 11) is 0. The topological polar surface area (TPSA) is 49.4 Å². The third-order valence-corrected chi connectivity index (χ3v) is 4.69. The van der Waals surface area contributed by atoms with Crippen molar-refractivity contribution in [3.63, 3.8) is 0 Å². The number of nitrogens with one attached hydrogen (secondary N) is 1. The minimum absolute atomic E-state index is 0.0169. The second-order valence-corrected chi connectivity index (χ2v) is 6.56. The van der Waals surface area contributed by atoms with E-state index in [0.717, 1.165) is 37.1 Å². The summed E-state index contributed by atoms with van der Waals surface area (Å²) in [4.78, 5) is 27.5. The fourth-order valence-corrected chi connectivity index (χ4v) is 3.27. The van der Waals surface area contributed by atoms with E-state index in [9.17, 15) is 9.59 Å². The largest absolute Gasteiger partial charge is 0.341 e. The number of aryl methyl sites for hydroxylation is 1. The van der Waals surface area contributed by atoms with Gasteiger partial charge in [0.15, 0.2) is 0 Å². The van der Waals surface area contributed by atoms with Gasteiger partial charge in [-0.2, -0.15) is 0 Å². The normalized spacial score (nSPS) is 15.0. The summed E-state index contributed by atoms with van der Waals surface area (Å²) < 4.78 is 0. The van der Waals surface area contributed by atoms with Crippen LogP contribution in [0.25, 0.3) is 0 Å². The molecule has 0 spiro atoms. The molecule has 1 saturated heterocycles. The average Bonchev–Trinajstić information content (AvgIpc) is 3.16. The Balaban J connectivity index is 1.79. The van der Waals surface area contributed by atoms with E-state index in [2.05, 4.69) is 5.32 Å². The fourth-order valence-electron chi connectivity index (χ4n) is 3.27. The monoisotopic (exact) mass is 336 g/mol. The zero-order valence-corrected chi connectivity index (χ0v) is 14.6. The van der Waals surface area contributed by atoms with Crippen LogP contribution >= 0.6 is 0 Å². The van der Waals surface area contributed by atoms with Gasteiger partial charge in [-0.3, -0.25) is 9.59 Å². The van der Waals surface area contributed by atoms with Crippen molar-refractivity contribution in [2.45, 2.75) is 32.2 Å². The first-order valence-electron chi connectivity index (χ1n) is 8.84. The molecule has 1 aliphatic rings. The van der Waals surface area contributed by atoms with E-state index in [1.54, 1.807) is 6.07 Å². The summed E-state index contributed by atoms with van der Waals surface area (Å²) in [5, 5.41) is 2.97. The molecule has 1 atom stereocenters. The van der Waals surface area contributed by atoms with Crippen molar-refractivity contribution in [1.29, 1.82) is 0 Å². The van der Waals surface area contributed by atoms with Crippen LogP contribution < -0.4 is 5.32 Å². The van der Waals surface area contributed by atoms with Crippen molar-refractivity contribution in [2.75, 3.05) is 13.1 Å². The van der Waals surface area contributed by atoms with Crippen LogP contribution in [0.2, 0.25) is 0 Å². The van der Waals surface area contributed by atoms with Gasteiger partial charge in [0, 0.05) is 25.1 Å². The maximum absolute atomic E-state index is 12.9. The molecule has 4 nitrogen and oxygen atoms in total. The van der Waals surface area contributed by atoms with Crippen LogP contribution in [-0.4, -0.2) is 35.8 Å². The Morgan fingerprint density at radius 2 is 1.64 bits per heavy atom. The van der Waals surface area contributed by atoms with Crippen molar-refractivity contribution < 1.29 is 9.59 Å². The molecule has 130 valence electrons. The van der Waals surface area contributed by atoms with Gasteiger partial charge >= 0.3 is 0 Å². The third kappa shape index (κ3) is 4.27. The number of hydrogen-bond donors (Lipinski definition) is 1. The Bertz CT molecular complexity index is 737. The van der Waals surface area contributed by atoms with Crippen LogP contribution in [0.15, 0.2) is 54.6 Å². The number of carbonyl (C=O) groups excluding carboxylic acids is 2. The molecule has 0 aliphatic carbocycles.